The smallest absolute Gasteiger partial charge is 0.377 e. The molecule has 0 bridgehead atoms. The van der Waals surface area contributed by atoms with Crippen molar-refractivity contribution in [2.75, 3.05) is 19.0 Å². The van der Waals surface area contributed by atoms with Crippen molar-refractivity contribution < 1.29 is 13.2 Å². The Kier molecular flexibility index (Phi) is 3.50. The van der Waals surface area contributed by atoms with Crippen molar-refractivity contribution in [1.29, 1.82) is 0 Å². The number of anilines is 1. The van der Waals surface area contributed by atoms with E-state index in [1.807, 2.05) is 0 Å². The minimum atomic E-state index is -4.35. The minimum absolute atomic E-state index is 0.0801. The number of hydrogen-bond donors (Lipinski definition) is 0. The lowest BCUT2D eigenvalue weighted by Crippen LogP contribution is -2.16. The van der Waals surface area contributed by atoms with E-state index in [0.717, 1.165) is 6.07 Å². The molecule has 1 aromatic carbocycles. The van der Waals surface area contributed by atoms with Gasteiger partial charge in [-0.25, -0.2) is 0 Å². The normalized spacial score (nSPS) is 11.6. The molecule has 0 amide bonds. The lowest BCUT2D eigenvalue weighted by atomic mass is 10.1. The van der Waals surface area contributed by atoms with E-state index in [-0.39, 0.29) is 11.6 Å². The van der Waals surface area contributed by atoms with Crippen molar-refractivity contribution in [3.63, 3.8) is 0 Å². The third-order valence-electron chi connectivity index (χ3n) is 2.00. The quantitative estimate of drug-likeness (QED) is 0.712. The molecule has 1 nitrogen and oxygen atoms in total. The standard InChI is InChI=1S/C10H11ClF3N/c1-15(2)9-4-3-7(6-11)5-8(9)10(12,13)14/h3-5H,6H2,1-2H3. The molecule has 0 heterocycles. The molecule has 0 saturated carbocycles. The lowest BCUT2D eigenvalue weighted by molar-refractivity contribution is -0.137. The summed E-state index contributed by atoms with van der Waals surface area (Å²) in [6, 6.07) is 4.11. The number of alkyl halides is 4. The molecule has 0 fully saturated rings. The first-order valence-electron chi connectivity index (χ1n) is 4.29. The second-order valence-corrected chi connectivity index (χ2v) is 3.64. The summed E-state index contributed by atoms with van der Waals surface area (Å²) in [5, 5.41) is 0. The van der Waals surface area contributed by atoms with Crippen LogP contribution in [0.3, 0.4) is 0 Å². The van der Waals surface area contributed by atoms with Crippen molar-refractivity contribution in [3.8, 4) is 0 Å². The van der Waals surface area contributed by atoms with Crippen molar-refractivity contribution in [2.45, 2.75) is 12.1 Å². The van der Waals surface area contributed by atoms with Gasteiger partial charge in [-0.3, -0.25) is 0 Å². The van der Waals surface area contributed by atoms with E-state index in [0.29, 0.717) is 5.56 Å². The topological polar surface area (TPSA) is 3.24 Å². The highest BCUT2D eigenvalue weighted by molar-refractivity contribution is 6.17. The summed E-state index contributed by atoms with van der Waals surface area (Å²) >= 11 is 5.50. The molecule has 0 unspecified atom stereocenters. The van der Waals surface area contributed by atoms with Crippen LogP contribution in [0.25, 0.3) is 0 Å². The minimum Gasteiger partial charge on any atom is -0.377 e. The summed E-state index contributed by atoms with van der Waals surface area (Å²) < 4.78 is 38.0. The van der Waals surface area contributed by atoms with Gasteiger partial charge in [0.1, 0.15) is 0 Å². The number of benzene rings is 1. The van der Waals surface area contributed by atoms with Gasteiger partial charge >= 0.3 is 6.18 Å². The van der Waals surface area contributed by atoms with Gasteiger partial charge in [0.25, 0.3) is 0 Å². The molecule has 0 N–H and O–H groups in total. The molecule has 1 aromatic rings. The van der Waals surface area contributed by atoms with Crippen molar-refractivity contribution in [2.24, 2.45) is 0 Å². The van der Waals surface area contributed by atoms with E-state index < -0.39 is 11.7 Å². The van der Waals surface area contributed by atoms with Gasteiger partial charge < -0.3 is 4.90 Å². The van der Waals surface area contributed by atoms with E-state index in [1.165, 1.54) is 11.0 Å². The second kappa shape index (κ2) is 4.31. The van der Waals surface area contributed by atoms with Gasteiger partial charge in [-0.2, -0.15) is 13.2 Å². The Balaban J connectivity index is 3.29. The zero-order chi connectivity index (χ0) is 11.6. The maximum Gasteiger partial charge on any atom is 0.418 e. The fourth-order valence-corrected chi connectivity index (χ4v) is 1.45. The third-order valence-corrected chi connectivity index (χ3v) is 2.31. The highest BCUT2D eigenvalue weighted by Crippen LogP contribution is 2.36. The summed E-state index contributed by atoms with van der Waals surface area (Å²) in [6.45, 7) is 0. The number of nitrogens with zero attached hydrogens (tertiary/aromatic N) is 1. The van der Waals surface area contributed by atoms with Crippen LogP contribution >= 0.6 is 11.6 Å². The fraction of sp³-hybridized carbons (Fsp3) is 0.400. The highest BCUT2D eigenvalue weighted by atomic mass is 35.5. The fourth-order valence-electron chi connectivity index (χ4n) is 1.28. The molecule has 1 rings (SSSR count). The van der Waals surface area contributed by atoms with Gasteiger partial charge in [-0.15, -0.1) is 11.6 Å². The Hall–Kier alpha value is -0.900. The van der Waals surface area contributed by atoms with Crippen LogP contribution in [-0.4, -0.2) is 14.1 Å². The van der Waals surface area contributed by atoms with Gasteiger partial charge in [0.15, 0.2) is 0 Å². The molecule has 0 atom stereocenters. The summed E-state index contributed by atoms with van der Waals surface area (Å²) in [6.07, 6.45) is -4.35. The summed E-state index contributed by atoms with van der Waals surface area (Å²) in [4.78, 5) is 1.43. The first kappa shape index (κ1) is 12.2. The predicted octanol–water partition coefficient (Wildman–Crippen LogP) is 3.51. The van der Waals surface area contributed by atoms with Crippen molar-refractivity contribution in [3.05, 3.63) is 29.3 Å². The van der Waals surface area contributed by atoms with Crippen LogP contribution in [0.5, 0.6) is 0 Å². The maximum absolute atomic E-state index is 12.7. The monoisotopic (exact) mass is 237 g/mol. The van der Waals surface area contributed by atoms with E-state index in [1.54, 1.807) is 20.2 Å². The van der Waals surface area contributed by atoms with Crippen LogP contribution in [0.2, 0.25) is 0 Å². The molecule has 84 valence electrons. The Labute approximate surface area is 91.5 Å². The van der Waals surface area contributed by atoms with Crippen LogP contribution in [0.1, 0.15) is 11.1 Å². The molecule has 15 heavy (non-hydrogen) atoms. The molecule has 0 aliphatic carbocycles. The predicted molar refractivity (Wildman–Crippen MR) is 55.3 cm³/mol. The highest BCUT2D eigenvalue weighted by Gasteiger charge is 2.34. The van der Waals surface area contributed by atoms with E-state index in [9.17, 15) is 13.2 Å². The molecule has 5 heteroatoms. The maximum atomic E-state index is 12.7. The summed E-state index contributed by atoms with van der Waals surface area (Å²) in [5.74, 6) is 0.0801. The number of hydrogen-bond acceptors (Lipinski definition) is 1. The van der Waals surface area contributed by atoms with Gasteiger partial charge in [-0.1, -0.05) is 6.07 Å². The Morgan fingerprint density at radius 2 is 1.87 bits per heavy atom. The largest absolute Gasteiger partial charge is 0.418 e. The first-order chi connectivity index (χ1) is 6.86. The van der Waals surface area contributed by atoms with Crippen LogP contribution in [0, 0.1) is 0 Å². The lowest BCUT2D eigenvalue weighted by Gasteiger charge is -2.19. The van der Waals surface area contributed by atoms with Crippen LogP contribution in [0.4, 0.5) is 18.9 Å². The van der Waals surface area contributed by atoms with Crippen LogP contribution in [-0.2, 0) is 12.1 Å². The summed E-state index contributed by atoms with van der Waals surface area (Å²) in [5.41, 5.74) is -0.0309. The zero-order valence-corrected chi connectivity index (χ0v) is 9.15. The van der Waals surface area contributed by atoms with Gasteiger partial charge in [0, 0.05) is 25.7 Å². The van der Waals surface area contributed by atoms with E-state index in [4.69, 9.17) is 11.6 Å². The van der Waals surface area contributed by atoms with Gasteiger partial charge in [0.2, 0.25) is 0 Å². The van der Waals surface area contributed by atoms with Crippen LogP contribution in [0.15, 0.2) is 18.2 Å². The van der Waals surface area contributed by atoms with E-state index >= 15 is 0 Å². The SMILES string of the molecule is CN(C)c1ccc(CCl)cc1C(F)(F)F. The first-order valence-corrected chi connectivity index (χ1v) is 4.83. The van der Waals surface area contributed by atoms with Gasteiger partial charge in [0.05, 0.1) is 5.56 Å². The Morgan fingerprint density at radius 1 is 1.27 bits per heavy atom. The zero-order valence-electron chi connectivity index (χ0n) is 8.40. The molecule has 0 aliphatic heterocycles. The molecule has 0 aromatic heterocycles. The van der Waals surface area contributed by atoms with E-state index in [2.05, 4.69) is 0 Å². The van der Waals surface area contributed by atoms with Crippen molar-refractivity contribution >= 4 is 17.3 Å². The van der Waals surface area contributed by atoms with Crippen molar-refractivity contribution in [1.82, 2.24) is 0 Å². The molecular formula is C10H11ClF3N. The Morgan fingerprint density at radius 3 is 2.27 bits per heavy atom. The Bertz CT molecular complexity index is 347. The molecule has 0 radical (unpaired) electrons. The molecule has 0 spiro atoms. The average Bonchev–Trinajstić information content (AvgIpc) is 2.15. The molecular weight excluding hydrogens is 227 g/mol. The van der Waals surface area contributed by atoms with Crippen LogP contribution < -0.4 is 4.90 Å². The van der Waals surface area contributed by atoms with Gasteiger partial charge in [-0.05, 0) is 17.7 Å². The third kappa shape index (κ3) is 2.78. The number of halogens is 4. The number of rotatable bonds is 2. The second-order valence-electron chi connectivity index (χ2n) is 3.38. The summed E-state index contributed by atoms with van der Waals surface area (Å²) in [7, 11) is 3.15. The molecule has 0 saturated heterocycles. The molecule has 0 aliphatic rings. The average molecular weight is 238 g/mol.